The fourth-order valence-corrected chi connectivity index (χ4v) is 6.03. The molecule has 1 aliphatic carbocycles. The van der Waals surface area contributed by atoms with Crippen LogP contribution in [0.15, 0.2) is 78.9 Å². The van der Waals surface area contributed by atoms with E-state index in [2.05, 4.69) is 65.6 Å². The van der Waals surface area contributed by atoms with Crippen LogP contribution in [0.4, 0.5) is 4.39 Å². The third kappa shape index (κ3) is 4.08. The minimum Gasteiger partial charge on any atom is -0.358 e. The molecule has 7 heteroatoms. The highest BCUT2D eigenvalue weighted by atomic mass is 19.1. The maximum atomic E-state index is 13.5. The number of hydrogen-bond acceptors (Lipinski definition) is 3. The molecule has 1 fully saturated rings. The molecule has 6 nitrogen and oxygen atoms in total. The normalized spacial score (nSPS) is 18.0. The smallest absolute Gasteiger partial charge is 0.274 e. The van der Waals surface area contributed by atoms with Crippen molar-refractivity contribution in [1.82, 2.24) is 25.3 Å². The first-order chi connectivity index (χ1) is 18.4. The van der Waals surface area contributed by atoms with E-state index in [1.165, 1.54) is 34.3 Å². The first-order valence-electron chi connectivity index (χ1n) is 13.0. The second-order valence-electron chi connectivity index (χ2n) is 10.7. The molecule has 2 N–H and O–H groups in total. The second-order valence-corrected chi connectivity index (χ2v) is 10.7. The molecule has 3 aromatic carbocycles. The van der Waals surface area contributed by atoms with Gasteiger partial charge in [0.1, 0.15) is 11.5 Å². The van der Waals surface area contributed by atoms with Gasteiger partial charge in [-0.15, -0.1) is 5.10 Å². The van der Waals surface area contributed by atoms with Gasteiger partial charge in [-0.1, -0.05) is 67.6 Å². The van der Waals surface area contributed by atoms with Crippen molar-refractivity contribution in [3.8, 4) is 16.9 Å². The molecule has 2 heterocycles. The second kappa shape index (κ2) is 9.24. The Kier molecular flexibility index (Phi) is 5.86. The van der Waals surface area contributed by atoms with E-state index in [0.29, 0.717) is 29.8 Å². The first kappa shape index (κ1) is 24.1. The van der Waals surface area contributed by atoms with Crippen LogP contribution in [0, 0.1) is 24.1 Å². The molecule has 6 rings (SSSR count). The molecule has 0 bridgehead atoms. The van der Waals surface area contributed by atoms with Gasteiger partial charge >= 0.3 is 0 Å². The van der Waals surface area contributed by atoms with Crippen LogP contribution in [0.5, 0.6) is 0 Å². The van der Waals surface area contributed by atoms with Crippen LogP contribution in [0.3, 0.4) is 0 Å². The molecule has 0 aliphatic heterocycles. The number of aromatic amines is 1. The quantitative estimate of drug-likeness (QED) is 0.267. The van der Waals surface area contributed by atoms with Gasteiger partial charge in [-0.05, 0) is 66.5 Å². The number of para-hydroxylation sites is 1. The molecule has 2 atom stereocenters. The number of carbonyl (C=O) groups is 1. The summed E-state index contributed by atoms with van der Waals surface area (Å²) in [7, 11) is 0. The highest BCUT2D eigenvalue weighted by Gasteiger charge is 2.58. The third-order valence-electron chi connectivity index (χ3n) is 8.05. The van der Waals surface area contributed by atoms with Crippen LogP contribution in [-0.4, -0.2) is 32.4 Å². The number of nitrogens with one attached hydrogen (secondary N) is 2. The molecule has 2 aromatic heterocycles. The van der Waals surface area contributed by atoms with Gasteiger partial charge < -0.3 is 10.3 Å². The van der Waals surface area contributed by atoms with Gasteiger partial charge in [0.25, 0.3) is 5.91 Å². The maximum Gasteiger partial charge on any atom is 0.274 e. The summed E-state index contributed by atoms with van der Waals surface area (Å²) in [5.41, 5.74) is 6.22. The van der Waals surface area contributed by atoms with Gasteiger partial charge in [0.05, 0.1) is 5.69 Å². The number of H-pyrrole nitrogens is 1. The summed E-state index contributed by atoms with van der Waals surface area (Å²) in [6.45, 7) is 7.32. The third-order valence-corrected chi connectivity index (χ3v) is 8.05. The average molecular weight is 508 g/mol. The number of fused-ring (bicyclic) bond motifs is 1. The van der Waals surface area contributed by atoms with E-state index in [1.54, 1.807) is 16.8 Å². The Morgan fingerprint density at radius 1 is 1.03 bits per heavy atom. The number of halogens is 1. The van der Waals surface area contributed by atoms with Crippen molar-refractivity contribution >= 4 is 16.8 Å². The van der Waals surface area contributed by atoms with Crippen molar-refractivity contribution in [2.75, 3.05) is 6.54 Å². The summed E-state index contributed by atoms with van der Waals surface area (Å²) in [4.78, 5) is 16.9. The van der Waals surface area contributed by atoms with Crippen LogP contribution < -0.4 is 5.32 Å². The van der Waals surface area contributed by atoms with Crippen LogP contribution in [0.1, 0.15) is 47.9 Å². The summed E-state index contributed by atoms with van der Waals surface area (Å²) >= 11 is 0. The molecule has 38 heavy (non-hydrogen) atoms. The summed E-state index contributed by atoms with van der Waals surface area (Å²) in [5.74, 6) is 0.298. The summed E-state index contributed by atoms with van der Waals surface area (Å²) in [5, 5.41) is 12.9. The molecular weight excluding hydrogens is 477 g/mol. The minimum atomic E-state index is -0.336. The fraction of sp³-hybridized carbons (Fsp3) is 0.258. The Labute approximate surface area is 220 Å². The fourth-order valence-electron chi connectivity index (χ4n) is 6.03. The Bertz CT molecular complexity index is 1620. The highest BCUT2D eigenvalue weighted by Crippen LogP contribution is 2.67. The van der Waals surface area contributed by atoms with Crippen LogP contribution in [0.2, 0.25) is 0 Å². The zero-order valence-corrected chi connectivity index (χ0v) is 21.7. The van der Waals surface area contributed by atoms with E-state index >= 15 is 0 Å². The molecule has 1 saturated carbocycles. The Morgan fingerprint density at radius 2 is 1.74 bits per heavy atom. The van der Waals surface area contributed by atoms with Crippen LogP contribution in [-0.2, 0) is 0 Å². The number of hydrogen-bond donors (Lipinski definition) is 2. The predicted octanol–water partition coefficient (Wildman–Crippen LogP) is 6.42. The molecule has 1 amide bonds. The lowest BCUT2D eigenvalue weighted by atomic mass is 10.0. The van der Waals surface area contributed by atoms with Gasteiger partial charge in [0, 0.05) is 28.7 Å². The lowest BCUT2D eigenvalue weighted by Crippen LogP contribution is -2.26. The lowest BCUT2D eigenvalue weighted by Gasteiger charge is -2.09. The monoisotopic (exact) mass is 507 g/mol. The number of rotatable bonds is 7. The number of benzene rings is 3. The van der Waals surface area contributed by atoms with Crippen molar-refractivity contribution in [1.29, 1.82) is 0 Å². The molecule has 0 saturated heterocycles. The van der Waals surface area contributed by atoms with Crippen LogP contribution in [0.25, 0.3) is 27.8 Å². The minimum absolute atomic E-state index is 0.154. The number of carbonyl (C=O) groups excluding carboxylic acids is 1. The molecule has 192 valence electrons. The Balaban J connectivity index is 1.21. The largest absolute Gasteiger partial charge is 0.358 e. The SMILES string of the molecule is Cc1[nH]c2ccccc2c1[C@@H]1[C@H](CCNC(=O)c2nnn(-c3ccc(F)cc3)c2-c2ccccc2)C1(C)C. The van der Waals surface area contributed by atoms with E-state index in [0.717, 1.165) is 12.0 Å². The van der Waals surface area contributed by atoms with E-state index in [4.69, 9.17) is 0 Å². The van der Waals surface area contributed by atoms with Gasteiger partial charge in [-0.3, -0.25) is 4.79 Å². The lowest BCUT2D eigenvalue weighted by molar-refractivity contribution is 0.0947. The van der Waals surface area contributed by atoms with Crippen molar-refractivity contribution in [2.45, 2.75) is 33.1 Å². The topological polar surface area (TPSA) is 75.6 Å². The molecule has 5 aromatic rings. The van der Waals surface area contributed by atoms with E-state index in [-0.39, 0.29) is 22.8 Å². The van der Waals surface area contributed by atoms with Gasteiger partial charge in [-0.2, -0.15) is 0 Å². The first-order valence-corrected chi connectivity index (χ1v) is 13.0. The molecule has 0 spiro atoms. The summed E-state index contributed by atoms with van der Waals surface area (Å²) in [6, 6.07) is 24.0. The van der Waals surface area contributed by atoms with Crippen molar-refractivity contribution < 1.29 is 9.18 Å². The summed E-state index contributed by atoms with van der Waals surface area (Å²) < 4.78 is 15.1. The van der Waals surface area contributed by atoms with E-state index in [9.17, 15) is 9.18 Å². The zero-order chi connectivity index (χ0) is 26.4. The zero-order valence-electron chi connectivity index (χ0n) is 21.7. The maximum absolute atomic E-state index is 13.5. The number of aryl methyl sites for hydroxylation is 1. The molecule has 0 radical (unpaired) electrons. The van der Waals surface area contributed by atoms with Gasteiger partial charge in [-0.25, -0.2) is 9.07 Å². The average Bonchev–Trinajstić information content (AvgIpc) is 3.23. The van der Waals surface area contributed by atoms with Gasteiger partial charge in [0.15, 0.2) is 5.69 Å². The predicted molar refractivity (Wildman–Crippen MR) is 147 cm³/mol. The number of aromatic nitrogens is 4. The standard InChI is InChI=1S/C31H30FN5O/c1-19-26(23-11-7-8-12-25(23)34-19)27-24(31(27,2)3)17-18-33-30(38)28-29(20-9-5-4-6-10-20)37(36-35-28)22-15-13-21(32)14-16-22/h4-16,24,27,34H,17-18H2,1-3H3,(H,33,38)/t24-,27-/m0/s1. The molecule has 0 unspecified atom stereocenters. The van der Waals surface area contributed by atoms with E-state index in [1.807, 2.05) is 30.3 Å². The Hall–Kier alpha value is -4.26. The Morgan fingerprint density at radius 3 is 2.50 bits per heavy atom. The highest BCUT2D eigenvalue weighted by molar-refractivity contribution is 5.98. The van der Waals surface area contributed by atoms with E-state index < -0.39 is 0 Å². The van der Waals surface area contributed by atoms with Crippen molar-refractivity contribution in [2.24, 2.45) is 11.3 Å². The van der Waals surface area contributed by atoms with Crippen LogP contribution >= 0.6 is 0 Å². The number of amides is 1. The molecule has 1 aliphatic rings. The number of nitrogens with zero attached hydrogens (tertiary/aromatic N) is 3. The van der Waals surface area contributed by atoms with Gasteiger partial charge in [0.2, 0.25) is 0 Å². The summed E-state index contributed by atoms with van der Waals surface area (Å²) in [6.07, 6.45) is 0.870. The van der Waals surface area contributed by atoms with Crippen molar-refractivity contribution in [3.05, 3.63) is 102 Å². The molecular formula is C31H30FN5O. The van der Waals surface area contributed by atoms with Crippen molar-refractivity contribution in [3.63, 3.8) is 0 Å².